The molecule has 1 heterocycles. The minimum Gasteiger partial charge on any atom is -0.497 e. The van der Waals surface area contributed by atoms with E-state index in [1.165, 1.54) is 11.8 Å². The van der Waals surface area contributed by atoms with Crippen LogP contribution in [-0.4, -0.2) is 51.5 Å². The normalized spacial score (nSPS) is 11.7. The highest BCUT2D eigenvalue weighted by Gasteiger charge is 2.23. The number of aromatic nitrogens is 3. The number of ether oxygens (including phenoxy) is 1. The van der Waals surface area contributed by atoms with E-state index in [1.807, 2.05) is 48.9 Å². The molecule has 1 atom stereocenters. The third kappa shape index (κ3) is 7.50. The molecular weight excluding hydrogens is 482 g/mol. The molecular formula is C25H31N5O3S2. The molecule has 0 saturated carbocycles. The first-order valence-electron chi connectivity index (χ1n) is 11.3. The Bertz CT molecular complexity index is 1120. The van der Waals surface area contributed by atoms with Crippen molar-refractivity contribution in [2.75, 3.05) is 30.2 Å². The zero-order valence-corrected chi connectivity index (χ0v) is 22.0. The summed E-state index contributed by atoms with van der Waals surface area (Å²) in [7, 11) is 1.59. The Kier molecular flexibility index (Phi) is 10.0. The monoisotopic (exact) mass is 513 g/mol. The Hall–Kier alpha value is -2.98. The van der Waals surface area contributed by atoms with Gasteiger partial charge in [-0.2, -0.15) is 11.8 Å². The predicted octanol–water partition coefficient (Wildman–Crippen LogP) is 4.57. The molecule has 0 radical (unpaired) electrons. The Balaban J connectivity index is 1.70. The van der Waals surface area contributed by atoms with Gasteiger partial charge in [-0.1, -0.05) is 29.5 Å². The van der Waals surface area contributed by atoms with Crippen molar-refractivity contribution in [3.8, 4) is 5.75 Å². The molecule has 2 N–H and O–H groups in total. The Morgan fingerprint density at radius 2 is 1.80 bits per heavy atom. The van der Waals surface area contributed by atoms with Gasteiger partial charge in [0.1, 0.15) is 5.75 Å². The van der Waals surface area contributed by atoms with Gasteiger partial charge in [-0.25, -0.2) is 0 Å². The summed E-state index contributed by atoms with van der Waals surface area (Å²) < 4.78 is 7.14. The fraction of sp³-hybridized carbons (Fsp3) is 0.360. The summed E-state index contributed by atoms with van der Waals surface area (Å²) in [6, 6.07) is 14.4. The molecule has 3 rings (SSSR count). The van der Waals surface area contributed by atoms with Crippen molar-refractivity contribution < 1.29 is 14.3 Å². The Labute approximate surface area is 214 Å². The van der Waals surface area contributed by atoms with Gasteiger partial charge >= 0.3 is 0 Å². The molecule has 2 amide bonds. The first-order valence-corrected chi connectivity index (χ1v) is 13.7. The van der Waals surface area contributed by atoms with Gasteiger partial charge in [0.15, 0.2) is 11.0 Å². The molecule has 0 spiro atoms. The maximum absolute atomic E-state index is 12.9. The lowest BCUT2D eigenvalue weighted by atomic mass is 10.1. The molecule has 0 aliphatic carbocycles. The highest BCUT2D eigenvalue weighted by atomic mass is 32.2. The molecule has 0 saturated heterocycles. The minimum absolute atomic E-state index is 0.113. The van der Waals surface area contributed by atoms with Crippen LogP contribution in [0.1, 0.15) is 41.1 Å². The summed E-state index contributed by atoms with van der Waals surface area (Å²) in [4.78, 5) is 25.4. The van der Waals surface area contributed by atoms with Gasteiger partial charge in [0.25, 0.3) is 5.91 Å². The number of nitrogens with zero attached hydrogens (tertiary/aromatic N) is 3. The molecule has 2 aromatic carbocycles. The molecule has 186 valence electrons. The number of carbonyl (C=O) groups is 2. The number of amides is 2. The lowest BCUT2D eigenvalue weighted by Gasteiger charge is -2.19. The summed E-state index contributed by atoms with van der Waals surface area (Å²) >= 11 is 3.03. The second-order valence-electron chi connectivity index (χ2n) is 7.82. The highest BCUT2D eigenvalue weighted by molar-refractivity contribution is 7.99. The summed E-state index contributed by atoms with van der Waals surface area (Å²) in [6.07, 6.45) is 2.74. The minimum atomic E-state index is -0.305. The van der Waals surface area contributed by atoms with Crippen LogP contribution in [0.2, 0.25) is 0 Å². The number of hydrogen-bond donors (Lipinski definition) is 2. The third-order valence-electron chi connectivity index (χ3n) is 5.31. The van der Waals surface area contributed by atoms with Gasteiger partial charge in [-0.15, -0.1) is 10.2 Å². The van der Waals surface area contributed by atoms with Gasteiger partial charge in [0.2, 0.25) is 5.91 Å². The fourth-order valence-electron chi connectivity index (χ4n) is 3.41. The number of carbonyl (C=O) groups excluding carboxylic acids is 2. The van der Waals surface area contributed by atoms with Crippen molar-refractivity contribution in [1.82, 2.24) is 20.1 Å². The lowest BCUT2D eigenvalue weighted by molar-refractivity contribution is -0.113. The Morgan fingerprint density at radius 3 is 2.43 bits per heavy atom. The number of benzene rings is 2. The maximum Gasteiger partial charge on any atom is 0.251 e. The standard InChI is InChI=1S/C25H31N5O3S2/c1-5-30-23(21(14-15-34-4)27-24(32)18-8-12-20(33-3)13-9-18)28-29-25(30)35-16-22(31)26-19-10-6-17(2)7-11-19/h6-13,21H,5,14-16H2,1-4H3,(H,26,31)(H,27,32)/t21-/m0/s1. The van der Waals surface area contributed by atoms with Crippen LogP contribution in [0.3, 0.4) is 0 Å². The van der Waals surface area contributed by atoms with Crippen LogP contribution < -0.4 is 15.4 Å². The van der Waals surface area contributed by atoms with E-state index in [1.54, 1.807) is 43.1 Å². The van der Waals surface area contributed by atoms with Gasteiger partial charge in [-0.05, 0) is 68.7 Å². The molecule has 3 aromatic rings. The number of hydrogen-bond acceptors (Lipinski definition) is 7. The van der Waals surface area contributed by atoms with Crippen LogP contribution in [0.4, 0.5) is 5.69 Å². The van der Waals surface area contributed by atoms with E-state index in [4.69, 9.17) is 4.74 Å². The summed E-state index contributed by atoms with van der Waals surface area (Å²) in [5.74, 6) is 2.14. The molecule has 0 fully saturated rings. The van der Waals surface area contributed by atoms with Gasteiger partial charge in [0.05, 0.1) is 18.9 Å². The number of aryl methyl sites for hydroxylation is 1. The van der Waals surface area contributed by atoms with Crippen molar-refractivity contribution in [2.45, 2.75) is 38.0 Å². The molecule has 10 heteroatoms. The second kappa shape index (κ2) is 13.2. The van der Waals surface area contributed by atoms with Crippen LogP contribution in [0.5, 0.6) is 5.75 Å². The van der Waals surface area contributed by atoms with Crippen molar-refractivity contribution >= 4 is 41.0 Å². The zero-order chi connectivity index (χ0) is 25.2. The van der Waals surface area contributed by atoms with Gasteiger partial charge < -0.3 is 19.9 Å². The van der Waals surface area contributed by atoms with E-state index in [0.717, 1.165) is 17.0 Å². The van der Waals surface area contributed by atoms with Crippen molar-refractivity contribution in [2.24, 2.45) is 0 Å². The molecule has 0 bridgehead atoms. The second-order valence-corrected chi connectivity index (χ2v) is 9.75. The number of thioether (sulfide) groups is 2. The summed E-state index contributed by atoms with van der Waals surface area (Å²) in [5.41, 5.74) is 2.44. The van der Waals surface area contributed by atoms with Crippen LogP contribution in [0.25, 0.3) is 0 Å². The summed E-state index contributed by atoms with van der Waals surface area (Å²) in [6.45, 7) is 4.63. The number of methoxy groups -OCH3 is 1. The fourth-order valence-corrected chi connectivity index (χ4v) is 4.69. The molecule has 0 aliphatic heterocycles. The number of anilines is 1. The zero-order valence-electron chi connectivity index (χ0n) is 20.4. The first kappa shape index (κ1) is 26.6. The van der Waals surface area contributed by atoms with E-state index in [0.29, 0.717) is 35.3 Å². The van der Waals surface area contributed by atoms with E-state index < -0.39 is 0 Å². The predicted molar refractivity (Wildman–Crippen MR) is 142 cm³/mol. The molecule has 1 aromatic heterocycles. The summed E-state index contributed by atoms with van der Waals surface area (Å²) in [5, 5.41) is 15.4. The van der Waals surface area contributed by atoms with E-state index in [2.05, 4.69) is 20.8 Å². The Morgan fingerprint density at radius 1 is 1.09 bits per heavy atom. The highest BCUT2D eigenvalue weighted by Crippen LogP contribution is 2.24. The van der Waals surface area contributed by atoms with Crippen LogP contribution >= 0.6 is 23.5 Å². The van der Waals surface area contributed by atoms with Crippen molar-refractivity contribution in [3.63, 3.8) is 0 Å². The topological polar surface area (TPSA) is 98.1 Å². The molecule has 0 aliphatic rings. The van der Waals surface area contributed by atoms with Crippen LogP contribution in [0, 0.1) is 6.92 Å². The first-order chi connectivity index (χ1) is 16.9. The molecule has 35 heavy (non-hydrogen) atoms. The van der Waals surface area contributed by atoms with Gasteiger partial charge in [-0.3, -0.25) is 9.59 Å². The van der Waals surface area contributed by atoms with E-state index in [9.17, 15) is 9.59 Å². The maximum atomic E-state index is 12.9. The van der Waals surface area contributed by atoms with Gasteiger partial charge in [0, 0.05) is 17.8 Å². The molecule has 0 unspecified atom stereocenters. The smallest absolute Gasteiger partial charge is 0.251 e. The van der Waals surface area contributed by atoms with Crippen LogP contribution in [0.15, 0.2) is 53.7 Å². The lowest BCUT2D eigenvalue weighted by Crippen LogP contribution is -2.31. The average Bonchev–Trinajstić information content (AvgIpc) is 3.29. The third-order valence-corrected chi connectivity index (χ3v) is 6.92. The number of nitrogens with one attached hydrogen (secondary N) is 2. The van der Waals surface area contributed by atoms with Crippen molar-refractivity contribution in [1.29, 1.82) is 0 Å². The van der Waals surface area contributed by atoms with Crippen LogP contribution in [-0.2, 0) is 11.3 Å². The molecule has 8 nitrogen and oxygen atoms in total. The average molecular weight is 514 g/mol. The SMILES string of the molecule is CCn1c(SCC(=O)Nc2ccc(C)cc2)nnc1[C@H](CCSC)NC(=O)c1ccc(OC)cc1. The quantitative estimate of drug-likeness (QED) is 0.342. The van der Waals surface area contributed by atoms with E-state index >= 15 is 0 Å². The number of rotatable bonds is 12. The largest absolute Gasteiger partial charge is 0.497 e. The van der Waals surface area contributed by atoms with E-state index in [-0.39, 0.29) is 23.6 Å². The van der Waals surface area contributed by atoms with Crippen molar-refractivity contribution in [3.05, 3.63) is 65.5 Å².